The number of aliphatic hydroxyl groups excluding tert-OH is 1. The number of nitrogens with zero attached hydrogens (tertiary/aromatic N) is 4. The average molecular weight is 581 g/mol. The molecule has 0 saturated carbocycles. The van der Waals surface area contributed by atoms with Crippen molar-refractivity contribution in [1.29, 1.82) is 0 Å². The number of ether oxygens (including phenoxy) is 2. The lowest BCUT2D eigenvalue weighted by Crippen LogP contribution is -2.45. The molecule has 1 aliphatic rings. The van der Waals surface area contributed by atoms with Crippen molar-refractivity contribution in [2.45, 2.75) is 70.6 Å². The number of H-pyrrole nitrogens is 1. The zero-order valence-electron chi connectivity index (χ0n) is 22.9. The molecule has 0 aliphatic carbocycles. The molecule has 40 heavy (non-hydrogen) atoms. The second-order valence-corrected chi connectivity index (χ2v) is 11.6. The molecule has 2 heterocycles. The van der Waals surface area contributed by atoms with Crippen LogP contribution in [0.25, 0.3) is 10.4 Å². The topological polar surface area (TPSA) is 207 Å². The maximum absolute atomic E-state index is 14.0. The molecule has 3 N–H and O–H groups in total. The molecule has 1 unspecified atom stereocenters. The number of carbonyl (C=O) groups is 1. The van der Waals surface area contributed by atoms with Crippen LogP contribution in [0.5, 0.6) is 5.75 Å². The van der Waals surface area contributed by atoms with Crippen molar-refractivity contribution in [3.05, 3.63) is 72.9 Å². The molecule has 16 heteroatoms. The maximum Gasteiger partial charge on any atom is 0.459 e. The van der Waals surface area contributed by atoms with Crippen molar-refractivity contribution in [2.24, 2.45) is 5.11 Å². The number of methoxy groups -OCH3 is 1. The predicted molar refractivity (Wildman–Crippen MR) is 143 cm³/mol. The van der Waals surface area contributed by atoms with Crippen LogP contribution in [-0.4, -0.2) is 58.1 Å². The summed E-state index contributed by atoms with van der Waals surface area (Å²) in [7, 11) is -3.19. The Bertz CT molecular complexity index is 1450. The van der Waals surface area contributed by atoms with Gasteiger partial charge in [-0.3, -0.25) is 23.7 Å². The fourth-order valence-corrected chi connectivity index (χ4v) is 5.77. The summed E-state index contributed by atoms with van der Waals surface area (Å²) in [6, 6.07) is 5.32. The van der Waals surface area contributed by atoms with Gasteiger partial charge in [-0.15, -0.1) is 0 Å². The quantitative estimate of drug-likeness (QED) is 0.116. The van der Waals surface area contributed by atoms with Crippen molar-refractivity contribution in [1.82, 2.24) is 14.6 Å². The van der Waals surface area contributed by atoms with E-state index >= 15 is 0 Å². The number of carbonyl (C=O) groups excluding carboxylic acids is 1. The maximum atomic E-state index is 14.0. The van der Waals surface area contributed by atoms with Crippen LogP contribution in [-0.2, 0) is 23.4 Å². The summed E-state index contributed by atoms with van der Waals surface area (Å²) in [5.74, 6) is -0.485. The van der Waals surface area contributed by atoms with Crippen molar-refractivity contribution in [2.75, 3.05) is 13.7 Å². The van der Waals surface area contributed by atoms with E-state index in [2.05, 4.69) is 20.1 Å². The highest BCUT2D eigenvalue weighted by Gasteiger charge is 2.55. The molecular formula is C24H33N6O9P. The van der Waals surface area contributed by atoms with Gasteiger partial charge in [-0.1, -0.05) is 31.1 Å². The normalized spacial score (nSPS) is 24.6. The Morgan fingerprint density at radius 3 is 2.65 bits per heavy atom. The highest BCUT2D eigenvalue weighted by Crippen LogP contribution is 2.49. The monoisotopic (exact) mass is 580 g/mol. The van der Waals surface area contributed by atoms with Crippen molar-refractivity contribution >= 4 is 13.7 Å². The fourth-order valence-electron chi connectivity index (χ4n) is 4.25. The van der Waals surface area contributed by atoms with Gasteiger partial charge in [-0.05, 0) is 49.4 Å². The molecule has 0 amide bonds. The van der Waals surface area contributed by atoms with Crippen molar-refractivity contribution in [3.63, 3.8) is 0 Å². The molecule has 15 nitrogen and oxygen atoms in total. The molecule has 0 bridgehead atoms. The molecule has 1 aromatic carbocycles. The largest absolute Gasteiger partial charge is 0.468 e. The summed E-state index contributed by atoms with van der Waals surface area (Å²) >= 11 is 0. The lowest BCUT2D eigenvalue weighted by Gasteiger charge is -2.28. The zero-order chi connectivity index (χ0) is 29.8. The number of nitrogens with one attached hydrogen (secondary N) is 2. The van der Waals surface area contributed by atoms with E-state index in [1.165, 1.54) is 21.0 Å². The lowest BCUT2D eigenvalue weighted by atomic mass is 9.93. The van der Waals surface area contributed by atoms with Gasteiger partial charge in [0.15, 0.2) is 6.23 Å². The van der Waals surface area contributed by atoms with E-state index in [1.54, 1.807) is 6.07 Å². The van der Waals surface area contributed by atoms with E-state index in [4.69, 9.17) is 24.1 Å². The molecule has 2 aromatic rings. The first-order valence-electron chi connectivity index (χ1n) is 12.4. The molecular weight excluding hydrogens is 547 g/mol. The lowest BCUT2D eigenvalue weighted by molar-refractivity contribution is -0.142. The van der Waals surface area contributed by atoms with Crippen LogP contribution in [0, 0.1) is 6.92 Å². The van der Waals surface area contributed by atoms with Gasteiger partial charge < -0.3 is 19.1 Å². The summed E-state index contributed by atoms with van der Waals surface area (Å²) in [6.07, 6.45) is -3.06. The van der Waals surface area contributed by atoms with Gasteiger partial charge in [-0.25, -0.2) is 9.36 Å². The van der Waals surface area contributed by atoms with Crippen molar-refractivity contribution in [3.8, 4) is 5.75 Å². The molecule has 6 atom stereocenters. The molecule has 0 spiro atoms. The number of hydrogen-bond donors (Lipinski definition) is 3. The van der Waals surface area contributed by atoms with Gasteiger partial charge in [0.1, 0.15) is 23.4 Å². The predicted octanol–water partition coefficient (Wildman–Crippen LogP) is 2.65. The van der Waals surface area contributed by atoms with Gasteiger partial charge in [0.25, 0.3) is 5.56 Å². The Hall–Kier alpha value is -3.45. The second kappa shape index (κ2) is 12.4. The Kier molecular flexibility index (Phi) is 9.62. The molecule has 1 saturated heterocycles. The molecule has 1 aliphatic heterocycles. The average Bonchev–Trinajstić information content (AvgIpc) is 3.12. The Morgan fingerprint density at radius 1 is 1.35 bits per heavy atom. The third kappa shape index (κ3) is 6.64. The Morgan fingerprint density at radius 2 is 2.05 bits per heavy atom. The van der Waals surface area contributed by atoms with Gasteiger partial charge in [-0.2, -0.15) is 5.09 Å². The van der Waals surface area contributed by atoms with Gasteiger partial charge >= 0.3 is 19.4 Å². The van der Waals surface area contributed by atoms with Crippen LogP contribution < -0.4 is 20.9 Å². The minimum absolute atomic E-state index is 0.0111. The van der Waals surface area contributed by atoms with E-state index < -0.39 is 61.6 Å². The van der Waals surface area contributed by atoms with Crippen LogP contribution >= 0.6 is 7.75 Å². The SMILES string of the molecule is COC(=O)[C@H](C)NP(=O)(OC[C@H]1O[C@@H](n2ccc(=O)[nH]c2=O)[C@](C)(N=[N+]=[N-])[C@@H]1O)Oc1cc(C)ccc1C(C)C. The molecule has 218 valence electrons. The summed E-state index contributed by atoms with van der Waals surface area (Å²) in [4.78, 5) is 40.9. The fraction of sp³-hybridized carbons (Fsp3) is 0.542. The number of azide groups is 1. The summed E-state index contributed by atoms with van der Waals surface area (Å²) in [6.45, 7) is 7.86. The van der Waals surface area contributed by atoms with E-state index in [0.717, 1.165) is 28.0 Å². The molecule has 1 fully saturated rings. The Balaban J connectivity index is 1.95. The number of rotatable bonds is 11. The summed E-state index contributed by atoms with van der Waals surface area (Å²) in [5.41, 5.74) is 7.45. The molecule has 1 aromatic heterocycles. The van der Waals surface area contributed by atoms with E-state index in [1.807, 2.05) is 32.9 Å². The minimum atomic E-state index is -4.36. The third-order valence-corrected chi connectivity index (χ3v) is 8.07. The number of aryl methyl sites for hydroxylation is 1. The summed E-state index contributed by atoms with van der Waals surface area (Å²) < 4.78 is 37.1. The summed E-state index contributed by atoms with van der Waals surface area (Å²) in [5, 5.41) is 17.3. The number of aromatic amines is 1. The third-order valence-electron chi connectivity index (χ3n) is 6.44. The zero-order valence-corrected chi connectivity index (χ0v) is 23.8. The van der Waals surface area contributed by atoms with Crippen LogP contribution in [0.4, 0.5) is 0 Å². The van der Waals surface area contributed by atoms with E-state index in [-0.39, 0.29) is 11.7 Å². The van der Waals surface area contributed by atoms with E-state index in [0.29, 0.717) is 0 Å². The number of benzene rings is 1. The highest BCUT2D eigenvalue weighted by molar-refractivity contribution is 7.52. The first-order valence-corrected chi connectivity index (χ1v) is 13.9. The van der Waals surface area contributed by atoms with E-state index in [9.17, 15) is 24.1 Å². The van der Waals surface area contributed by atoms with Gasteiger partial charge in [0, 0.05) is 17.2 Å². The van der Waals surface area contributed by atoms with Crippen LogP contribution in [0.15, 0.2) is 45.2 Å². The van der Waals surface area contributed by atoms with Crippen LogP contribution in [0.2, 0.25) is 0 Å². The first kappa shape index (κ1) is 31.1. The van der Waals surface area contributed by atoms with Crippen LogP contribution in [0.3, 0.4) is 0 Å². The van der Waals surface area contributed by atoms with Crippen LogP contribution in [0.1, 0.15) is 51.0 Å². The Labute approximate surface area is 229 Å². The highest BCUT2D eigenvalue weighted by atomic mass is 31.2. The first-order chi connectivity index (χ1) is 18.7. The molecule has 3 rings (SSSR count). The second-order valence-electron chi connectivity index (χ2n) is 9.86. The number of hydrogen-bond acceptors (Lipinski definition) is 10. The standard InChI is InChI=1S/C24H33N6O9P/c1-13(2)16-8-7-14(3)11-17(16)39-40(35,27-15(4)21(33)36-6)37-12-18-20(32)24(5,28-29-25)22(38-18)30-10-9-19(31)26-23(30)34/h7-11,13,15,18,20,22,32H,12H2,1-6H3,(H,27,35)(H,26,31,34)/t15-,18+,20+,22+,24+,40?/m0/s1. The number of aromatic nitrogens is 2. The number of esters is 1. The molecule has 0 radical (unpaired) electrons. The minimum Gasteiger partial charge on any atom is -0.468 e. The number of aliphatic hydroxyl groups is 1. The van der Waals surface area contributed by atoms with Gasteiger partial charge in [0.05, 0.1) is 19.8 Å². The van der Waals surface area contributed by atoms with Gasteiger partial charge in [0.2, 0.25) is 0 Å². The smallest absolute Gasteiger partial charge is 0.459 e. The van der Waals surface area contributed by atoms with Crippen molar-refractivity contribution < 1.29 is 33.0 Å².